The first-order valence-corrected chi connectivity index (χ1v) is 10.5. The number of carbonyl (C=O) groups is 2. The Morgan fingerprint density at radius 1 is 1.03 bits per heavy atom. The molecule has 33 heavy (non-hydrogen) atoms. The molecule has 3 aromatic rings. The molecule has 1 aliphatic heterocycles. The molecule has 0 spiro atoms. The predicted molar refractivity (Wildman–Crippen MR) is 121 cm³/mol. The second-order valence-corrected chi connectivity index (χ2v) is 8.82. The Bertz CT molecular complexity index is 1200. The van der Waals surface area contributed by atoms with Gasteiger partial charge in [0.05, 0.1) is 24.4 Å². The van der Waals surface area contributed by atoms with Gasteiger partial charge in [-0.3, -0.25) is 9.59 Å². The maximum Gasteiger partial charge on any atom is 0.290 e. The summed E-state index contributed by atoms with van der Waals surface area (Å²) in [7, 11) is 0. The first kappa shape index (κ1) is 22.2. The van der Waals surface area contributed by atoms with Gasteiger partial charge in [-0.05, 0) is 56.7 Å². The van der Waals surface area contributed by atoms with Gasteiger partial charge in [0.2, 0.25) is 5.78 Å². The lowest BCUT2D eigenvalue weighted by molar-refractivity contribution is -0.130. The normalized spacial score (nSPS) is 16.4. The summed E-state index contributed by atoms with van der Waals surface area (Å²) in [6.45, 7) is 5.88. The Morgan fingerprint density at radius 2 is 1.73 bits per heavy atom. The zero-order valence-electron chi connectivity index (χ0n) is 18.6. The van der Waals surface area contributed by atoms with E-state index in [1.165, 1.54) is 29.4 Å². The monoisotopic (exact) mass is 447 g/mol. The molecule has 0 radical (unpaired) electrons. The van der Waals surface area contributed by atoms with E-state index in [1.54, 1.807) is 18.2 Å². The number of ether oxygens (including phenoxy) is 1. The van der Waals surface area contributed by atoms with E-state index < -0.39 is 29.1 Å². The second kappa shape index (κ2) is 8.50. The van der Waals surface area contributed by atoms with Gasteiger partial charge in [0.25, 0.3) is 5.91 Å². The topological polar surface area (TPSA) is 100 Å². The van der Waals surface area contributed by atoms with Crippen LogP contribution in [0.25, 0.3) is 0 Å². The molecule has 1 aromatic heterocycles. The minimum Gasteiger partial charge on any atom is -0.508 e. The first-order chi connectivity index (χ1) is 15.7. The van der Waals surface area contributed by atoms with Crippen molar-refractivity contribution in [3.8, 4) is 11.5 Å². The van der Waals surface area contributed by atoms with Crippen LogP contribution in [0.2, 0.25) is 0 Å². The fraction of sp³-hybridized carbons (Fsp3) is 0.231. The number of carbonyl (C=O) groups excluding carboxylic acids is 2. The highest BCUT2D eigenvalue weighted by Gasteiger charge is 2.44. The number of nitrogens with zero attached hydrogens (tertiary/aromatic N) is 1. The third kappa shape index (κ3) is 4.48. The highest BCUT2D eigenvalue weighted by molar-refractivity contribution is 6.15. The molecule has 0 fully saturated rings. The number of ketones is 1. The van der Waals surface area contributed by atoms with Gasteiger partial charge in [0, 0.05) is 5.56 Å². The molecule has 1 atom stereocenters. The average molecular weight is 447 g/mol. The first-order valence-electron chi connectivity index (χ1n) is 10.5. The van der Waals surface area contributed by atoms with Crippen LogP contribution in [0.5, 0.6) is 11.5 Å². The molecule has 0 saturated carbocycles. The minimum absolute atomic E-state index is 0.0199. The van der Waals surface area contributed by atoms with Crippen LogP contribution in [0.3, 0.4) is 0 Å². The number of aliphatic hydroxyl groups excluding tert-OH is 1. The smallest absolute Gasteiger partial charge is 0.290 e. The number of hydrogen-bond acceptors (Lipinski definition) is 6. The van der Waals surface area contributed by atoms with E-state index in [0.717, 1.165) is 5.56 Å². The molecule has 1 amide bonds. The summed E-state index contributed by atoms with van der Waals surface area (Å²) < 4.78 is 11.3. The number of phenols is 1. The number of phenolic OH excluding ortho intramolecular Hbond substituents is 1. The van der Waals surface area contributed by atoms with Crippen LogP contribution in [0.1, 0.15) is 48.5 Å². The van der Waals surface area contributed by atoms with Crippen LogP contribution in [0, 0.1) is 0 Å². The molecular formula is C26H25NO6. The number of Topliss-reactive ketones (excluding diaryl/α,β-unsaturated/α-hetero) is 1. The number of para-hydroxylation sites is 1. The van der Waals surface area contributed by atoms with Crippen molar-refractivity contribution in [2.75, 3.05) is 0 Å². The molecule has 7 heteroatoms. The van der Waals surface area contributed by atoms with Gasteiger partial charge < -0.3 is 24.3 Å². The number of rotatable bonds is 6. The molecule has 1 aliphatic rings. The third-order valence-electron chi connectivity index (χ3n) is 5.23. The van der Waals surface area contributed by atoms with E-state index in [-0.39, 0.29) is 23.6 Å². The molecule has 4 rings (SSSR count). The van der Waals surface area contributed by atoms with Gasteiger partial charge in [-0.15, -0.1) is 0 Å². The highest BCUT2D eigenvalue weighted by atomic mass is 16.5. The van der Waals surface area contributed by atoms with Gasteiger partial charge in [-0.25, -0.2) is 0 Å². The van der Waals surface area contributed by atoms with Gasteiger partial charge in [0.1, 0.15) is 17.1 Å². The van der Waals surface area contributed by atoms with Gasteiger partial charge in [-0.2, -0.15) is 0 Å². The van der Waals surface area contributed by atoms with Gasteiger partial charge >= 0.3 is 0 Å². The van der Waals surface area contributed by atoms with Gasteiger partial charge in [0.15, 0.2) is 11.5 Å². The summed E-state index contributed by atoms with van der Waals surface area (Å²) in [5.41, 5.74) is 0.760. The Kier molecular flexibility index (Phi) is 5.72. The maximum absolute atomic E-state index is 13.2. The number of hydrogen-bond donors (Lipinski definition) is 2. The Balaban J connectivity index is 1.78. The van der Waals surface area contributed by atoms with Crippen molar-refractivity contribution in [1.29, 1.82) is 0 Å². The van der Waals surface area contributed by atoms with Crippen LogP contribution < -0.4 is 4.74 Å². The summed E-state index contributed by atoms with van der Waals surface area (Å²) in [5.74, 6) is -1.20. The predicted octanol–water partition coefficient (Wildman–Crippen LogP) is 4.94. The molecule has 1 unspecified atom stereocenters. The number of aliphatic hydroxyl groups is 1. The quantitative estimate of drug-likeness (QED) is 0.519. The van der Waals surface area contributed by atoms with Crippen LogP contribution >= 0.6 is 0 Å². The van der Waals surface area contributed by atoms with E-state index in [0.29, 0.717) is 11.3 Å². The van der Waals surface area contributed by atoms with Crippen molar-refractivity contribution in [1.82, 2.24) is 4.90 Å². The number of benzene rings is 2. The van der Waals surface area contributed by atoms with E-state index in [2.05, 4.69) is 0 Å². The molecule has 170 valence electrons. The van der Waals surface area contributed by atoms with Crippen molar-refractivity contribution in [2.45, 2.75) is 39.0 Å². The van der Waals surface area contributed by atoms with E-state index >= 15 is 0 Å². The molecule has 0 aliphatic carbocycles. The van der Waals surface area contributed by atoms with Crippen LogP contribution in [0.4, 0.5) is 0 Å². The lowest BCUT2D eigenvalue weighted by Crippen LogP contribution is -2.31. The molecule has 0 saturated heterocycles. The Hall–Kier alpha value is -4.00. The van der Waals surface area contributed by atoms with Crippen LogP contribution in [-0.4, -0.2) is 32.4 Å². The lowest BCUT2D eigenvalue weighted by Gasteiger charge is -2.29. The third-order valence-corrected chi connectivity index (χ3v) is 5.23. The summed E-state index contributed by atoms with van der Waals surface area (Å²) in [6.07, 6.45) is 1.36. The van der Waals surface area contributed by atoms with Crippen molar-refractivity contribution < 1.29 is 29.0 Å². The largest absolute Gasteiger partial charge is 0.508 e. The van der Waals surface area contributed by atoms with Crippen molar-refractivity contribution in [3.05, 3.63) is 95.1 Å². The van der Waals surface area contributed by atoms with E-state index in [4.69, 9.17) is 9.15 Å². The van der Waals surface area contributed by atoms with Crippen LogP contribution in [-0.2, 0) is 11.3 Å². The molecular weight excluding hydrogens is 422 g/mol. The van der Waals surface area contributed by atoms with Crippen molar-refractivity contribution in [2.24, 2.45) is 0 Å². The zero-order valence-corrected chi connectivity index (χ0v) is 18.6. The van der Waals surface area contributed by atoms with Crippen molar-refractivity contribution >= 4 is 11.7 Å². The maximum atomic E-state index is 13.2. The van der Waals surface area contributed by atoms with Crippen molar-refractivity contribution in [3.63, 3.8) is 0 Å². The summed E-state index contributed by atoms with van der Waals surface area (Å²) >= 11 is 0. The standard InChI is InChI=1S/C26H25NO6/c1-26(2,3)33-19-8-5-4-7-17(19)15-27-22(16-10-12-18(28)13-11-16)21(24(30)25(27)31)23(29)20-9-6-14-32-20/h4-14,22,28,30H,15H2,1-3H3. The molecule has 2 aromatic carbocycles. The second-order valence-electron chi connectivity index (χ2n) is 8.82. The average Bonchev–Trinajstić information content (AvgIpc) is 3.38. The summed E-state index contributed by atoms with van der Waals surface area (Å²) in [5, 5.41) is 20.5. The molecule has 0 bridgehead atoms. The Morgan fingerprint density at radius 3 is 2.36 bits per heavy atom. The number of furan rings is 1. The zero-order chi connectivity index (χ0) is 23.8. The highest BCUT2D eigenvalue weighted by Crippen LogP contribution is 2.41. The van der Waals surface area contributed by atoms with E-state index in [1.807, 2.05) is 45.0 Å². The molecule has 2 N–H and O–H groups in total. The number of aromatic hydroxyl groups is 1. The SMILES string of the molecule is CC(C)(C)Oc1ccccc1CN1C(=O)C(O)=C(C(=O)c2ccco2)C1c1ccc(O)cc1. The Labute approximate surface area is 191 Å². The summed E-state index contributed by atoms with van der Waals surface area (Å²) in [4.78, 5) is 27.8. The van der Waals surface area contributed by atoms with Crippen LogP contribution in [0.15, 0.2) is 82.7 Å². The fourth-order valence-corrected chi connectivity index (χ4v) is 3.84. The molecule has 2 heterocycles. The lowest BCUT2D eigenvalue weighted by atomic mass is 9.94. The molecule has 7 nitrogen and oxygen atoms in total. The minimum atomic E-state index is -0.876. The van der Waals surface area contributed by atoms with E-state index in [9.17, 15) is 19.8 Å². The fourth-order valence-electron chi connectivity index (χ4n) is 3.84. The van der Waals surface area contributed by atoms with Gasteiger partial charge in [-0.1, -0.05) is 30.3 Å². The summed E-state index contributed by atoms with van der Waals surface area (Å²) in [6, 6.07) is 15.7. The number of amides is 1.